The first-order chi connectivity index (χ1) is 6.07. The predicted octanol–water partition coefficient (Wildman–Crippen LogP) is 1.74. The molecule has 0 atom stereocenters. The molecule has 68 valence electrons. The molecule has 1 heterocycles. The van der Waals surface area contributed by atoms with Gasteiger partial charge in [-0.15, -0.1) is 0 Å². The Labute approximate surface area is 77.6 Å². The Morgan fingerprint density at radius 1 is 1.62 bits per heavy atom. The zero-order valence-corrected chi connectivity index (χ0v) is 8.09. The molecule has 1 aromatic rings. The third kappa shape index (κ3) is 1.62. The Balaban J connectivity index is 3.15. The van der Waals surface area contributed by atoms with E-state index < -0.39 is 0 Å². The standard InChI is InChI=1S/C10H12N2O/c1-7-6-8(2)12(3)10(7)9(13)4-5-11/h6H,4H2,1-3H3. The van der Waals surface area contributed by atoms with Crippen molar-refractivity contribution in [3.05, 3.63) is 23.0 Å². The number of Topliss-reactive ketones (excluding diaryl/α,β-unsaturated/α-hetero) is 1. The van der Waals surface area contributed by atoms with Crippen LogP contribution < -0.4 is 0 Å². The van der Waals surface area contributed by atoms with E-state index in [4.69, 9.17) is 5.26 Å². The van der Waals surface area contributed by atoms with E-state index in [1.54, 1.807) is 0 Å². The van der Waals surface area contributed by atoms with Crippen LogP contribution in [0, 0.1) is 25.2 Å². The maximum Gasteiger partial charge on any atom is 0.193 e. The van der Waals surface area contributed by atoms with Crippen LogP contribution in [0.3, 0.4) is 0 Å². The number of rotatable bonds is 2. The summed E-state index contributed by atoms with van der Waals surface area (Å²) >= 11 is 0. The summed E-state index contributed by atoms with van der Waals surface area (Å²) in [4.78, 5) is 11.5. The molecule has 0 radical (unpaired) electrons. The van der Waals surface area contributed by atoms with Gasteiger partial charge >= 0.3 is 0 Å². The quantitative estimate of drug-likeness (QED) is 0.644. The molecule has 1 rings (SSSR count). The van der Waals surface area contributed by atoms with Gasteiger partial charge in [0.15, 0.2) is 5.78 Å². The highest BCUT2D eigenvalue weighted by Crippen LogP contribution is 2.14. The fourth-order valence-corrected chi connectivity index (χ4v) is 1.48. The molecule has 0 saturated heterocycles. The van der Waals surface area contributed by atoms with Crippen molar-refractivity contribution in [1.29, 1.82) is 5.26 Å². The van der Waals surface area contributed by atoms with Crippen molar-refractivity contribution in [2.45, 2.75) is 20.3 Å². The summed E-state index contributed by atoms with van der Waals surface area (Å²) in [6, 6.07) is 3.82. The fourth-order valence-electron chi connectivity index (χ4n) is 1.48. The highest BCUT2D eigenvalue weighted by atomic mass is 16.1. The molecule has 3 heteroatoms. The zero-order valence-electron chi connectivity index (χ0n) is 8.09. The Bertz CT molecular complexity index is 382. The number of aromatic nitrogens is 1. The van der Waals surface area contributed by atoms with E-state index >= 15 is 0 Å². The second-order valence-corrected chi connectivity index (χ2v) is 3.13. The number of carbonyl (C=O) groups excluding carboxylic acids is 1. The molecule has 0 aliphatic heterocycles. The molecular formula is C10H12N2O. The van der Waals surface area contributed by atoms with Crippen LogP contribution in [0.1, 0.15) is 28.2 Å². The average Bonchev–Trinajstić information content (AvgIpc) is 2.27. The third-order valence-electron chi connectivity index (χ3n) is 2.17. The lowest BCUT2D eigenvalue weighted by atomic mass is 10.1. The van der Waals surface area contributed by atoms with E-state index in [2.05, 4.69) is 0 Å². The number of hydrogen-bond acceptors (Lipinski definition) is 2. The second-order valence-electron chi connectivity index (χ2n) is 3.13. The van der Waals surface area contributed by atoms with Crippen molar-refractivity contribution in [3.8, 4) is 6.07 Å². The van der Waals surface area contributed by atoms with Crippen LogP contribution in [-0.2, 0) is 7.05 Å². The number of ketones is 1. The summed E-state index contributed by atoms with van der Waals surface area (Å²) in [6.45, 7) is 3.83. The van der Waals surface area contributed by atoms with Crippen LogP contribution in [0.4, 0.5) is 0 Å². The molecule has 0 fully saturated rings. The van der Waals surface area contributed by atoms with E-state index in [0.29, 0.717) is 5.69 Å². The molecule has 0 saturated carbocycles. The Kier molecular flexibility index (Phi) is 2.52. The molecule has 1 aromatic heterocycles. The molecule has 0 aromatic carbocycles. The molecule has 0 spiro atoms. The Morgan fingerprint density at radius 2 is 2.23 bits per heavy atom. The fraction of sp³-hybridized carbons (Fsp3) is 0.400. The first-order valence-electron chi connectivity index (χ1n) is 4.11. The third-order valence-corrected chi connectivity index (χ3v) is 2.17. The largest absolute Gasteiger partial charge is 0.345 e. The molecule has 0 aliphatic rings. The summed E-state index contributed by atoms with van der Waals surface area (Å²) in [7, 11) is 1.84. The minimum Gasteiger partial charge on any atom is -0.345 e. The van der Waals surface area contributed by atoms with Gasteiger partial charge in [0.25, 0.3) is 0 Å². The SMILES string of the molecule is Cc1cc(C)n(C)c1C(=O)CC#N. The maximum absolute atomic E-state index is 11.5. The minimum absolute atomic E-state index is 0.0435. The lowest BCUT2D eigenvalue weighted by molar-refractivity contribution is 0.0989. The first-order valence-corrected chi connectivity index (χ1v) is 4.11. The molecular weight excluding hydrogens is 164 g/mol. The van der Waals surface area contributed by atoms with Crippen molar-refractivity contribution >= 4 is 5.78 Å². The van der Waals surface area contributed by atoms with Crippen LogP contribution in [0.25, 0.3) is 0 Å². The molecule has 3 nitrogen and oxygen atoms in total. The summed E-state index contributed by atoms with van der Waals surface area (Å²) in [5, 5.41) is 8.41. The van der Waals surface area contributed by atoms with Gasteiger partial charge in [-0.3, -0.25) is 4.79 Å². The van der Waals surface area contributed by atoms with Gasteiger partial charge in [0.1, 0.15) is 6.42 Å². The Hall–Kier alpha value is -1.56. The van der Waals surface area contributed by atoms with Gasteiger partial charge in [0, 0.05) is 12.7 Å². The highest BCUT2D eigenvalue weighted by Gasteiger charge is 2.13. The normalized spacial score (nSPS) is 9.69. The second kappa shape index (κ2) is 3.44. The van der Waals surface area contributed by atoms with Gasteiger partial charge in [-0.2, -0.15) is 5.26 Å². The van der Waals surface area contributed by atoms with Gasteiger partial charge < -0.3 is 4.57 Å². The van der Waals surface area contributed by atoms with Crippen LogP contribution in [-0.4, -0.2) is 10.4 Å². The summed E-state index contributed by atoms with van der Waals surface area (Å²) in [5.41, 5.74) is 2.64. The van der Waals surface area contributed by atoms with Crippen molar-refractivity contribution in [2.75, 3.05) is 0 Å². The summed E-state index contributed by atoms with van der Waals surface area (Å²) < 4.78 is 1.83. The van der Waals surface area contributed by atoms with E-state index in [-0.39, 0.29) is 12.2 Å². The minimum atomic E-state index is -0.101. The monoisotopic (exact) mass is 176 g/mol. The molecule has 0 unspecified atom stereocenters. The zero-order chi connectivity index (χ0) is 10.0. The van der Waals surface area contributed by atoms with E-state index in [1.807, 2.05) is 37.6 Å². The van der Waals surface area contributed by atoms with Gasteiger partial charge in [-0.1, -0.05) is 0 Å². The topological polar surface area (TPSA) is 45.8 Å². The van der Waals surface area contributed by atoms with Crippen molar-refractivity contribution < 1.29 is 4.79 Å². The average molecular weight is 176 g/mol. The van der Waals surface area contributed by atoms with E-state index in [9.17, 15) is 4.79 Å². The van der Waals surface area contributed by atoms with E-state index in [0.717, 1.165) is 11.3 Å². The van der Waals surface area contributed by atoms with Crippen LogP contribution in [0.2, 0.25) is 0 Å². The molecule has 0 amide bonds. The lowest BCUT2D eigenvalue weighted by Gasteiger charge is -2.02. The number of nitrogens with zero attached hydrogens (tertiary/aromatic N) is 2. The molecule has 0 bridgehead atoms. The van der Waals surface area contributed by atoms with Crippen LogP contribution in [0.5, 0.6) is 0 Å². The Morgan fingerprint density at radius 3 is 2.62 bits per heavy atom. The summed E-state index contributed by atoms with van der Waals surface area (Å²) in [6.07, 6.45) is -0.0435. The lowest BCUT2D eigenvalue weighted by Crippen LogP contribution is -2.07. The van der Waals surface area contributed by atoms with Crippen molar-refractivity contribution in [2.24, 2.45) is 7.05 Å². The van der Waals surface area contributed by atoms with Crippen molar-refractivity contribution in [3.63, 3.8) is 0 Å². The van der Waals surface area contributed by atoms with Crippen LogP contribution in [0.15, 0.2) is 6.07 Å². The smallest absolute Gasteiger partial charge is 0.193 e. The first kappa shape index (κ1) is 9.53. The predicted molar refractivity (Wildman–Crippen MR) is 49.4 cm³/mol. The molecule has 13 heavy (non-hydrogen) atoms. The molecule has 0 N–H and O–H groups in total. The number of carbonyl (C=O) groups is 1. The highest BCUT2D eigenvalue weighted by molar-refractivity contribution is 5.97. The van der Waals surface area contributed by atoms with Gasteiger partial charge in [-0.05, 0) is 25.5 Å². The number of nitriles is 1. The number of hydrogen-bond donors (Lipinski definition) is 0. The van der Waals surface area contributed by atoms with Crippen LogP contribution >= 0.6 is 0 Å². The molecule has 0 aliphatic carbocycles. The maximum atomic E-state index is 11.5. The van der Waals surface area contributed by atoms with Gasteiger partial charge in [0.2, 0.25) is 0 Å². The van der Waals surface area contributed by atoms with Gasteiger partial charge in [0.05, 0.1) is 11.8 Å². The number of aryl methyl sites for hydroxylation is 2. The van der Waals surface area contributed by atoms with E-state index in [1.165, 1.54) is 0 Å². The van der Waals surface area contributed by atoms with Crippen molar-refractivity contribution in [1.82, 2.24) is 4.57 Å². The van der Waals surface area contributed by atoms with Gasteiger partial charge in [-0.25, -0.2) is 0 Å². The summed E-state index contributed by atoms with van der Waals surface area (Å²) in [5.74, 6) is -0.101.